The molecule has 0 bridgehead atoms. The summed E-state index contributed by atoms with van der Waals surface area (Å²) in [4.78, 5) is 13.7. The molecule has 0 radical (unpaired) electrons. The third-order valence-electron chi connectivity index (χ3n) is 2.62. The minimum absolute atomic E-state index is 0.0650. The Bertz CT molecular complexity index is 552. The van der Waals surface area contributed by atoms with Crippen molar-refractivity contribution in [3.05, 3.63) is 46.2 Å². The Kier molecular flexibility index (Phi) is 3.53. The predicted octanol–water partition coefficient (Wildman–Crippen LogP) is 2.31. The van der Waals surface area contributed by atoms with Gasteiger partial charge >= 0.3 is 0 Å². The molecule has 1 aromatic heterocycles. The van der Waals surface area contributed by atoms with Crippen LogP contribution in [0.5, 0.6) is 5.75 Å². The minimum atomic E-state index is -0.142. The molecule has 0 saturated heterocycles. The van der Waals surface area contributed by atoms with Crippen molar-refractivity contribution < 1.29 is 9.90 Å². The Morgan fingerprint density at radius 1 is 1.44 bits per heavy atom. The summed E-state index contributed by atoms with van der Waals surface area (Å²) in [6.45, 7) is 0.549. The van der Waals surface area contributed by atoms with Crippen molar-refractivity contribution in [2.75, 3.05) is 12.8 Å². The van der Waals surface area contributed by atoms with Crippen molar-refractivity contribution >= 4 is 22.9 Å². The number of hydrogen-bond donors (Lipinski definition) is 2. The van der Waals surface area contributed by atoms with E-state index in [4.69, 9.17) is 5.73 Å². The number of rotatable bonds is 3. The molecule has 4 nitrogen and oxygen atoms in total. The molecule has 0 unspecified atom stereocenters. The third-order valence-corrected chi connectivity index (χ3v) is 3.36. The Balaban J connectivity index is 2.12. The van der Waals surface area contributed by atoms with Crippen molar-refractivity contribution in [3.8, 4) is 5.75 Å². The minimum Gasteiger partial charge on any atom is -0.506 e. The number of phenols is 1. The van der Waals surface area contributed by atoms with Crippen LogP contribution in [0.3, 0.4) is 0 Å². The number of nitrogens with zero attached hydrogens (tertiary/aromatic N) is 1. The zero-order valence-electron chi connectivity index (χ0n) is 9.96. The number of nitrogens with two attached hydrogens (primary N) is 1. The summed E-state index contributed by atoms with van der Waals surface area (Å²) >= 11 is 1.60. The lowest BCUT2D eigenvalue weighted by Gasteiger charge is -2.16. The van der Waals surface area contributed by atoms with E-state index in [1.54, 1.807) is 29.4 Å². The van der Waals surface area contributed by atoms with Gasteiger partial charge in [-0.2, -0.15) is 11.3 Å². The number of benzene rings is 1. The molecule has 0 saturated carbocycles. The first-order chi connectivity index (χ1) is 8.58. The first-order valence-corrected chi connectivity index (χ1v) is 6.37. The van der Waals surface area contributed by atoms with E-state index in [2.05, 4.69) is 0 Å². The number of carbonyl (C=O) groups excluding carboxylic acids is 1. The molecular weight excluding hydrogens is 248 g/mol. The third kappa shape index (κ3) is 2.62. The van der Waals surface area contributed by atoms with Crippen molar-refractivity contribution in [1.82, 2.24) is 4.90 Å². The number of anilines is 1. The van der Waals surface area contributed by atoms with Crippen molar-refractivity contribution in [2.24, 2.45) is 0 Å². The molecule has 0 atom stereocenters. The highest BCUT2D eigenvalue weighted by atomic mass is 32.1. The molecule has 94 valence electrons. The fourth-order valence-electron chi connectivity index (χ4n) is 1.63. The van der Waals surface area contributed by atoms with Crippen molar-refractivity contribution in [3.63, 3.8) is 0 Å². The van der Waals surface area contributed by atoms with Gasteiger partial charge in [-0.15, -0.1) is 0 Å². The van der Waals surface area contributed by atoms with Crippen molar-refractivity contribution in [1.29, 1.82) is 0 Å². The lowest BCUT2D eigenvalue weighted by Crippen LogP contribution is -2.25. The van der Waals surface area contributed by atoms with Gasteiger partial charge in [0.25, 0.3) is 5.91 Å². The molecule has 0 fully saturated rings. The van der Waals surface area contributed by atoms with Crippen LogP contribution in [0.4, 0.5) is 5.69 Å². The van der Waals surface area contributed by atoms with Crippen LogP contribution in [-0.2, 0) is 6.54 Å². The lowest BCUT2D eigenvalue weighted by molar-refractivity contribution is 0.0785. The number of hydrogen-bond acceptors (Lipinski definition) is 4. The quantitative estimate of drug-likeness (QED) is 0.659. The summed E-state index contributed by atoms with van der Waals surface area (Å²) in [6, 6.07) is 6.51. The van der Waals surface area contributed by atoms with E-state index in [9.17, 15) is 9.90 Å². The molecule has 3 N–H and O–H groups in total. The summed E-state index contributed by atoms with van der Waals surface area (Å²) in [5.74, 6) is -0.207. The van der Waals surface area contributed by atoms with Gasteiger partial charge in [0.1, 0.15) is 5.75 Å². The number of amides is 1. The predicted molar refractivity (Wildman–Crippen MR) is 72.6 cm³/mol. The number of nitrogen functional groups attached to an aromatic ring is 1. The van der Waals surface area contributed by atoms with Crippen LogP contribution in [0, 0.1) is 0 Å². The largest absolute Gasteiger partial charge is 0.506 e. The molecule has 18 heavy (non-hydrogen) atoms. The first-order valence-electron chi connectivity index (χ1n) is 5.43. The topological polar surface area (TPSA) is 66.6 Å². The number of thiophene rings is 1. The Morgan fingerprint density at radius 2 is 2.22 bits per heavy atom. The van der Waals surface area contributed by atoms with Crippen molar-refractivity contribution in [2.45, 2.75) is 6.54 Å². The highest BCUT2D eigenvalue weighted by molar-refractivity contribution is 7.07. The van der Waals surface area contributed by atoms with Crippen LogP contribution >= 0.6 is 11.3 Å². The molecule has 0 aliphatic heterocycles. The summed E-state index contributed by atoms with van der Waals surface area (Å²) in [5.41, 5.74) is 7.29. The van der Waals surface area contributed by atoms with Crippen LogP contribution in [-0.4, -0.2) is 23.0 Å². The van der Waals surface area contributed by atoms with E-state index in [1.807, 2.05) is 16.8 Å². The van der Waals surface area contributed by atoms with Gasteiger partial charge in [-0.25, -0.2) is 0 Å². The molecule has 5 heteroatoms. The number of aromatic hydroxyl groups is 1. The van der Waals surface area contributed by atoms with Gasteiger partial charge in [-0.3, -0.25) is 4.79 Å². The SMILES string of the molecule is CN(Cc1ccsc1)C(=O)c1ccc(N)c(O)c1. The summed E-state index contributed by atoms with van der Waals surface area (Å²) in [7, 11) is 1.73. The zero-order valence-corrected chi connectivity index (χ0v) is 10.8. The molecule has 0 aliphatic rings. The van der Waals surface area contributed by atoms with Gasteiger partial charge in [0, 0.05) is 19.2 Å². The molecule has 1 amide bonds. The highest BCUT2D eigenvalue weighted by Gasteiger charge is 2.13. The van der Waals surface area contributed by atoms with Gasteiger partial charge in [-0.1, -0.05) is 0 Å². The lowest BCUT2D eigenvalue weighted by atomic mass is 10.1. The average Bonchev–Trinajstić information content (AvgIpc) is 2.84. The first kappa shape index (κ1) is 12.4. The monoisotopic (exact) mass is 262 g/mol. The van der Waals surface area contributed by atoms with Crippen LogP contribution in [0.25, 0.3) is 0 Å². The number of carbonyl (C=O) groups is 1. The van der Waals surface area contributed by atoms with Gasteiger partial charge < -0.3 is 15.7 Å². The second-order valence-electron chi connectivity index (χ2n) is 4.07. The Hall–Kier alpha value is -2.01. The maximum absolute atomic E-state index is 12.1. The van der Waals surface area contributed by atoms with Crippen LogP contribution in [0.15, 0.2) is 35.0 Å². The highest BCUT2D eigenvalue weighted by Crippen LogP contribution is 2.21. The standard InChI is InChI=1S/C13H14N2O2S/c1-15(7-9-4-5-18-8-9)13(17)10-2-3-11(14)12(16)6-10/h2-6,8,16H,7,14H2,1H3. The maximum atomic E-state index is 12.1. The van der Waals surface area contributed by atoms with E-state index in [0.29, 0.717) is 12.1 Å². The van der Waals surface area contributed by atoms with Gasteiger partial charge in [0.15, 0.2) is 0 Å². The van der Waals surface area contributed by atoms with E-state index < -0.39 is 0 Å². The molecule has 2 rings (SSSR count). The van der Waals surface area contributed by atoms with E-state index in [1.165, 1.54) is 12.1 Å². The maximum Gasteiger partial charge on any atom is 0.254 e. The van der Waals surface area contributed by atoms with Crippen LogP contribution in [0.1, 0.15) is 15.9 Å². The molecule has 1 heterocycles. The summed E-state index contributed by atoms with van der Waals surface area (Å²) in [5, 5.41) is 13.5. The molecule has 0 spiro atoms. The van der Waals surface area contributed by atoms with Crippen LogP contribution in [0.2, 0.25) is 0 Å². The van der Waals surface area contributed by atoms with E-state index in [0.717, 1.165) is 5.56 Å². The molecular formula is C13H14N2O2S. The average molecular weight is 262 g/mol. The summed E-state index contributed by atoms with van der Waals surface area (Å²) in [6.07, 6.45) is 0. The summed E-state index contributed by atoms with van der Waals surface area (Å²) < 4.78 is 0. The second kappa shape index (κ2) is 5.10. The van der Waals surface area contributed by atoms with Gasteiger partial charge in [0.2, 0.25) is 0 Å². The molecule has 1 aromatic carbocycles. The van der Waals surface area contributed by atoms with Gasteiger partial charge in [0.05, 0.1) is 5.69 Å². The van der Waals surface area contributed by atoms with E-state index in [-0.39, 0.29) is 17.3 Å². The fraction of sp³-hybridized carbons (Fsp3) is 0.154. The number of phenolic OH excluding ortho intramolecular Hbond substituents is 1. The molecule has 2 aromatic rings. The Morgan fingerprint density at radius 3 is 2.83 bits per heavy atom. The molecule has 0 aliphatic carbocycles. The normalized spacial score (nSPS) is 10.3. The van der Waals surface area contributed by atoms with Crippen LogP contribution < -0.4 is 5.73 Å². The Labute approximate surface area is 109 Å². The van der Waals surface area contributed by atoms with Gasteiger partial charge in [-0.05, 0) is 40.6 Å². The van der Waals surface area contributed by atoms with E-state index >= 15 is 0 Å². The fourth-order valence-corrected chi connectivity index (χ4v) is 2.29. The second-order valence-corrected chi connectivity index (χ2v) is 4.85. The smallest absolute Gasteiger partial charge is 0.254 e. The zero-order chi connectivity index (χ0) is 13.1.